The van der Waals surface area contributed by atoms with Gasteiger partial charge in [-0.25, -0.2) is 0 Å². The monoisotopic (exact) mass is 306 g/mol. The predicted octanol–water partition coefficient (Wildman–Crippen LogP) is 3.75. The average Bonchev–Trinajstić information content (AvgIpc) is 2.44. The van der Waals surface area contributed by atoms with Crippen LogP contribution in [0.2, 0.25) is 0 Å². The molecule has 0 bridgehead atoms. The van der Waals surface area contributed by atoms with Gasteiger partial charge in [-0.1, -0.05) is 58.0 Å². The van der Waals surface area contributed by atoms with Crippen LogP contribution in [0.15, 0.2) is 30.3 Å². The van der Waals surface area contributed by atoms with Crippen molar-refractivity contribution in [1.29, 1.82) is 0 Å². The molecule has 0 aliphatic heterocycles. The summed E-state index contributed by atoms with van der Waals surface area (Å²) in [5, 5.41) is 9.45. The minimum atomic E-state index is -0.933. The van der Waals surface area contributed by atoms with E-state index in [2.05, 4.69) is 0 Å². The highest BCUT2D eigenvalue weighted by atomic mass is 16.5. The summed E-state index contributed by atoms with van der Waals surface area (Å²) in [7, 11) is 0. The molecule has 1 aromatic carbocycles. The molecule has 0 saturated heterocycles. The maximum Gasteiger partial charge on any atom is 0.310 e. The summed E-state index contributed by atoms with van der Waals surface area (Å²) in [4.78, 5) is 24.0. The molecule has 0 spiro atoms. The predicted molar refractivity (Wildman–Crippen MR) is 85.1 cm³/mol. The second-order valence-electron chi connectivity index (χ2n) is 6.44. The molecule has 0 aliphatic rings. The van der Waals surface area contributed by atoms with Gasteiger partial charge in [-0.15, -0.1) is 0 Å². The molecular formula is C18H26O4. The number of carboxylic acids is 1. The van der Waals surface area contributed by atoms with Crippen LogP contribution in [-0.4, -0.2) is 17.0 Å². The summed E-state index contributed by atoms with van der Waals surface area (Å²) in [5.74, 6) is -2.57. The second kappa shape index (κ2) is 8.57. The number of hydrogen-bond acceptors (Lipinski definition) is 3. The molecule has 122 valence electrons. The molecule has 1 N–H and O–H groups in total. The fourth-order valence-corrected chi connectivity index (χ4v) is 2.65. The highest BCUT2D eigenvalue weighted by Gasteiger charge is 2.37. The topological polar surface area (TPSA) is 63.6 Å². The Morgan fingerprint density at radius 2 is 1.68 bits per heavy atom. The summed E-state index contributed by atoms with van der Waals surface area (Å²) >= 11 is 0. The van der Waals surface area contributed by atoms with Crippen LogP contribution in [0.1, 0.15) is 39.7 Å². The lowest BCUT2D eigenvalue weighted by Gasteiger charge is -2.26. The van der Waals surface area contributed by atoms with Crippen LogP contribution in [0.25, 0.3) is 0 Å². The van der Waals surface area contributed by atoms with Crippen molar-refractivity contribution >= 4 is 11.9 Å². The van der Waals surface area contributed by atoms with Gasteiger partial charge < -0.3 is 9.84 Å². The number of benzene rings is 1. The Morgan fingerprint density at radius 3 is 2.14 bits per heavy atom. The van der Waals surface area contributed by atoms with Gasteiger partial charge in [0, 0.05) is 0 Å². The van der Waals surface area contributed by atoms with E-state index >= 15 is 0 Å². The van der Waals surface area contributed by atoms with Gasteiger partial charge in [0.1, 0.15) is 6.61 Å². The number of esters is 1. The number of hydrogen-bond donors (Lipinski definition) is 1. The number of carboxylic acid groups (broad SMARTS) is 1. The van der Waals surface area contributed by atoms with Crippen LogP contribution in [0.4, 0.5) is 0 Å². The molecule has 0 heterocycles. The van der Waals surface area contributed by atoms with Crippen LogP contribution in [-0.2, 0) is 20.9 Å². The van der Waals surface area contributed by atoms with Crippen LogP contribution < -0.4 is 0 Å². The van der Waals surface area contributed by atoms with Crippen LogP contribution in [0.3, 0.4) is 0 Å². The van der Waals surface area contributed by atoms with E-state index in [-0.39, 0.29) is 18.4 Å². The summed E-state index contributed by atoms with van der Waals surface area (Å²) in [6.07, 6.45) is 0.517. The summed E-state index contributed by atoms with van der Waals surface area (Å²) < 4.78 is 5.37. The summed E-state index contributed by atoms with van der Waals surface area (Å²) in [5.41, 5.74) is 0.899. The van der Waals surface area contributed by atoms with E-state index in [0.29, 0.717) is 6.42 Å². The number of rotatable bonds is 8. The number of carbonyl (C=O) groups excluding carboxylic acids is 1. The maximum absolute atomic E-state index is 12.4. The molecule has 2 atom stereocenters. The second-order valence-corrected chi connectivity index (χ2v) is 6.44. The normalized spacial score (nSPS) is 13.9. The molecule has 22 heavy (non-hydrogen) atoms. The molecule has 1 aromatic rings. The van der Waals surface area contributed by atoms with Crippen molar-refractivity contribution < 1.29 is 19.4 Å². The first-order chi connectivity index (χ1) is 10.3. The van der Waals surface area contributed by atoms with Gasteiger partial charge >= 0.3 is 11.9 Å². The van der Waals surface area contributed by atoms with Gasteiger partial charge in [0.15, 0.2) is 0 Å². The van der Waals surface area contributed by atoms with Crippen molar-refractivity contribution in [2.24, 2.45) is 23.7 Å². The van der Waals surface area contributed by atoms with E-state index < -0.39 is 23.8 Å². The molecule has 4 heteroatoms. The van der Waals surface area contributed by atoms with Gasteiger partial charge in [0.25, 0.3) is 0 Å². The van der Waals surface area contributed by atoms with Gasteiger partial charge in [-0.3, -0.25) is 9.59 Å². The van der Waals surface area contributed by atoms with Crippen LogP contribution in [0, 0.1) is 23.7 Å². The smallest absolute Gasteiger partial charge is 0.310 e. The zero-order chi connectivity index (χ0) is 16.7. The largest absolute Gasteiger partial charge is 0.481 e. The van der Waals surface area contributed by atoms with Crippen molar-refractivity contribution in [2.75, 3.05) is 0 Å². The lowest BCUT2D eigenvalue weighted by molar-refractivity contribution is -0.161. The first kappa shape index (κ1) is 18.2. The minimum Gasteiger partial charge on any atom is -0.481 e. The Labute approximate surface area is 132 Å². The quantitative estimate of drug-likeness (QED) is 0.743. The van der Waals surface area contributed by atoms with Crippen LogP contribution in [0.5, 0.6) is 0 Å². The fourth-order valence-electron chi connectivity index (χ4n) is 2.65. The number of aliphatic carboxylic acids is 1. The summed E-state index contributed by atoms with van der Waals surface area (Å²) in [6, 6.07) is 9.40. The Hall–Kier alpha value is -1.84. The Balaban J connectivity index is 2.81. The van der Waals surface area contributed by atoms with Gasteiger partial charge in [0.2, 0.25) is 0 Å². The molecule has 4 nitrogen and oxygen atoms in total. The highest BCUT2D eigenvalue weighted by Crippen LogP contribution is 2.29. The van der Waals surface area contributed by atoms with Crippen molar-refractivity contribution in [3.63, 3.8) is 0 Å². The summed E-state index contributed by atoms with van der Waals surface area (Å²) in [6.45, 7) is 7.80. The number of carbonyl (C=O) groups is 2. The van der Waals surface area contributed by atoms with E-state index in [9.17, 15) is 14.7 Å². The van der Waals surface area contributed by atoms with Gasteiger partial charge in [-0.05, 0) is 23.8 Å². The molecule has 0 aromatic heterocycles. The van der Waals surface area contributed by atoms with E-state index in [0.717, 1.165) is 5.56 Å². The number of ether oxygens (including phenoxy) is 1. The minimum absolute atomic E-state index is 0.120. The molecule has 0 amide bonds. The maximum atomic E-state index is 12.4. The molecular weight excluding hydrogens is 280 g/mol. The fraction of sp³-hybridized carbons (Fsp3) is 0.556. The van der Waals surface area contributed by atoms with E-state index in [4.69, 9.17) is 4.74 Å². The third-order valence-electron chi connectivity index (χ3n) is 3.69. The zero-order valence-corrected chi connectivity index (χ0v) is 13.8. The van der Waals surface area contributed by atoms with Gasteiger partial charge in [-0.2, -0.15) is 0 Å². The SMILES string of the molecule is CC(C)C[C@@H](C(=O)OCc1ccccc1)C(C(=O)O)C(C)C. The van der Waals surface area contributed by atoms with Crippen molar-refractivity contribution in [3.8, 4) is 0 Å². The molecule has 0 aliphatic carbocycles. The first-order valence-corrected chi connectivity index (χ1v) is 7.76. The van der Waals surface area contributed by atoms with Crippen molar-refractivity contribution in [1.82, 2.24) is 0 Å². The lowest BCUT2D eigenvalue weighted by Crippen LogP contribution is -2.35. The Morgan fingerprint density at radius 1 is 1.09 bits per heavy atom. The molecule has 0 radical (unpaired) electrons. The Bertz CT molecular complexity index is 479. The molecule has 1 unspecified atom stereocenters. The third-order valence-corrected chi connectivity index (χ3v) is 3.69. The zero-order valence-electron chi connectivity index (χ0n) is 13.8. The molecule has 0 saturated carbocycles. The molecule has 0 fully saturated rings. The van der Waals surface area contributed by atoms with Crippen molar-refractivity contribution in [3.05, 3.63) is 35.9 Å². The van der Waals surface area contributed by atoms with E-state index in [1.165, 1.54) is 0 Å². The lowest BCUT2D eigenvalue weighted by atomic mass is 9.79. The van der Waals surface area contributed by atoms with Gasteiger partial charge in [0.05, 0.1) is 11.8 Å². The standard InChI is InChI=1S/C18H26O4/c1-12(2)10-15(16(13(3)4)17(19)20)18(21)22-11-14-8-6-5-7-9-14/h5-9,12-13,15-16H,10-11H2,1-4H3,(H,19,20)/t15-,16?/m1/s1. The van der Waals surface area contributed by atoms with E-state index in [1.54, 1.807) is 0 Å². The molecule has 1 rings (SSSR count). The average molecular weight is 306 g/mol. The van der Waals surface area contributed by atoms with E-state index in [1.807, 2.05) is 58.0 Å². The highest BCUT2D eigenvalue weighted by molar-refractivity contribution is 5.81. The van der Waals surface area contributed by atoms with Crippen LogP contribution >= 0.6 is 0 Å². The van der Waals surface area contributed by atoms with Crippen molar-refractivity contribution in [2.45, 2.75) is 40.7 Å². The third kappa shape index (κ3) is 5.51. The Kier molecular flexibility index (Phi) is 7.09. The first-order valence-electron chi connectivity index (χ1n) is 7.76.